The maximum Gasteiger partial charge on any atom is 3.00 e. The zero-order valence-electron chi connectivity index (χ0n) is 6.23. The Kier molecular flexibility index (Phi) is 3.49. The molecule has 0 aliphatic rings. The van der Waals surface area contributed by atoms with Gasteiger partial charge in [-0.05, 0) is 0 Å². The van der Waals surface area contributed by atoms with Crippen LogP contribution in [0.15, 0.2) is 12.1 Å². The third-order valence-corrected chi connectivity index (χ3v) is 1.77. The average Bonchev–Trinajstić information content (AvgIpc) is 1.98. The summed E-state index contributed by atoms with van der Waals surface area (Å²) in [6, 6.07) is 4.31. The molecule has 0 radical (unpaired) electrons. The number of hydrogen-bond acceptors (Lipinski definition) is 0. The van der Waals surface area contributed by atoms with E-state index in [4.69, 9.17) is 0 Å². The van der Waals surface area contributed by atoms with Crippen LogP contribution in [0.1, 0.15) is 16.7 Å². The minimum atomic E-state index is 0. The molecule has 0 bridgehead atoms. The molecule has 0 unspecified atom stereocenters. The third kappa shape index (κ3) is 1.82. The van der Waals surface area contributed by atoms with E-state index in [0.717, 1.165) is 0 Å². The van der Waals surface area contributed by atoms with Crippen molar-refractivity contribution < 1.29 is 25.8 Å². The number of hydrogen-bond donors (Lipinski definition) is 0. The van der Waals surface area contributed by atoms with E-state index in [1.807, 2.05) is 0 Å². The molecule has 0 spiro atoms. The zero-order chi connectivity index (χ0) is 6.15. The predicted molar refractivity (Wildman–Crippen MR) is 36.2 cm³/mol. The maximum absolute atomic E-state index is 2.16. The van der Waals surface area contributed by atoms with Crippen LogP contribution in [-0.4, -0.2) is 0 Å². The minimum absolute atomic E-state index is 0. The molecule has 0 atom stereocenters. The van der Waals surface area contributed by atoms with Gasteiger partial charge in [-0.15, -0.1) is 0 Å². The van der Waals surface area contributed by atoms with Crippen molar-refractivity contribution in [2.75, 3.05) is 0 Å². The van der Waals surface area contributed by atoms with Crippen LogP contribution in [0, 0.1) is 20.8 Å². The number of aryl methyl sites for hydroxylation is 2. The molecular formula is C8H11Sc+2. The van der Waals surface area contributed by atoms with Crippen molar-refractivity contribution in [2.45, 2.75) is 20.8 Å². The molecule has 1 heteroatoms. The van der Waals surface area contributed by atoms with Crippen molar-refractivity contribution in [2.24, 2.45) is 0 Å². The van der Waals surface area contributed by atoms with Gasteiger partial charge >= 0.3 is 25.8 Å². The Labute approximate surface area is 75.4 Å². The first-order valence-electron chi connectivity index (χ1n) is 2.91. The molecule has 1 aromatic rings. The average molecular weight is 152 g/mol. The standard InChI is InChI=1S/C8H11.Sc/c1-6-4-5-7(2)8(6)3;/h4-5H,1-3H3;/q-1;+3. The maximum atomic E-state index is 2.16. The Morgan fingerprint density at radius 2 is 1.89 bits per heavy atom. The summed E-state index contributed by atoms with van der Waals surface area (Å²) in [5, 5.41) is 0. The molecule has 0 saturated carbocycles. The Morgan fingerprint density at radius 1 is 1.33 bits per heavy atom. The molecule has 0 aliphatic heterocycles. The van der Waals surface area contributed by atoms with Crippen LogP contribution >= 0.6 is 0 Å². The van der Waals surface area contributed by atoms with Crippen LogP contribution in [0.4, 0.5) is 0 Å². The van der Waals surface area contributed by atoms with Crippen molar-refractivity contribution in [3.05, 3.63) is 28.8 Å². The van der Waals surface area contributed by atoms with Gasteiger partial charge in [0.15, 0.2) is 0 Å². The van der Waals surface area contributed by atoms with E-state index in [9.17, 15) is 0 Å². The fraction of sp³-hybridized carbons (Fsp3) is 0.375. The molecule has 0 amide bonds. The van der Waals surface area contributed by atoms with Gasteiger partial charge in [0.05, 0.1) is 0 Å². The normalized spacial score (nSPS) is 8.78. The molecule has 1 rings (SSSR count). The second-order valence-corrected chi connectivity index (χ2v) is 2.32. The Bertz CT molecular complexity index is 167. The van der Waals surface area contributed by atoms with Gasteiger partial charge in [-0.1, -0.05) is 20.8 Å². The summed E-state index contributed by atoms with van der Waals surface area (Å²) < 4.78 is 0. The monoisotopic (exact) mass is 152 g/mol. The summed E-state index contributed by atoms with van der Waals surface area (Å²) in [5.41, 5.74) is 4.25. The van der Waals surface area contributed by atoms with Crippen LogP contribution in [0.3, 0.4) is 0 Å². The Balaban J connectivity index is 0.000000640. The molecule has 0 N–H and O–H groups in total. The molecule has 1 aromatic carbocycles. The summed E-state index contributed by atoms with van der Waals surface area (Å²) >= 11 is 0. The van der Waals surface area contributed by atoms with E-state index in [1.54, 1.807) is 0 Å². The Hall–Kier alpha value is 0.220. The predicted octanol–water partition coefficient (Wildman–Crippen LogP) is 2.33. The largest absolute Gasteiger partial charge is 3.00 e. The molecular weight excluding hydrogens is 141 g/mol. The van der Waals surface area contributed by atoms with Crippen molar-refractivity contribution in [1.29, 1.82) is 0 Å². The van der Waals surface area contributed by atoms with E-state index in [-0.39, 0.29) is 25.8 Å². The van der Waals surface area contributed by atoms with E-state index in [1.165, 1.54) is 16.7 Å². The van der Waals surface area contributed by atoms with Gasteiger partial charge in [0, 0.05) is 0 Å². The first-order valence-corrected chi connectivity index (χ1v) is 2.91. The van der Waals surface area contributed by atoms with E-state index >= 15 is 0 Å². The molecule has 0 nitrogen and oxygen atoms in total. The SMILES string of the molecule is Cc1cc[c-](C)c1C.[Sc+3]. The van der Waals surface area contributed by atoms with Crippen molar-refractivity contribution in [3.8, 4) is 0 Å². The van der Waals surface area contributed by atoms with Crippen LogP contribution in [0.2, 0.25) is 0 Å². The van der Waals surface area contributed by atoms with Gasteiger partial charge in [-0.25, -0.2) is 6.07 Å². The molecule has 0 aromatic heterocycles. The molecule has 0 aliphatic carbocycles. The topological polar surface area (TPSA) is 0 Å². The Morgan fingerprint density at radius 3 is 2.00 bits per heavy atom. The van der Waals surface area contributed by atoms with Gasteiger partial charge in [-0.3, -0.25) is 0 Å². The van der Waals surface area contributed by atoms with Gasteiger partial charge in [0.25, 0.3) is 0 Å². The van der Waals surface area contributed by atoms with Crippen LogP contribution < -0.4 is 0 Å². The first-order chi connectivity index (χ1) is 3.72. The number of rotatable bonds is 0. The fourth-order valence-corrected chi connectivity index (χ4v) is 0.811. The molecule has 0 heterocycles. The van der Waals surface area contributed by atoms with Gasteiger partial charge < -0.3 is 0 Å². The van der Waals surface area contributed by atoms with Crippen molar-refractivity contribution >= 4 is 0 Å². The van der Waals surface area contributed by atoms with Crippen LogP contribution in [0.5, 0.6) is 0 Å². The van der Waals surface area contributed by atoms with E-state index in [2.05, 4.69) is 32.9 Å². The second kappa shape index (κ2) is 3.40. The van der Waals surface area contributed by atoms with Crippen molar-refractivity contribution in [3.63, 3.8) is 0 Å². The smallest absolute Gasteiger partial charge is 0.210 e. The van der Waals surface area contributed by atoms with Gasteiger partial charge in [0.1, 0.15) is 0 Å². The molecule has 0 saturated heterocycles. The summed E-state index contributed by atoms with van der Waals surface area (Å²) in [7, 11) is 0. The first kappa shape index (κ1) is 9.22. The molecule has 0 fully saturated rings. The van der Waals surface area contributed by atoms with E-state index < -0.39 is 0 Å². The van der Waals surface area contributed by atoms with Crippen molar-refractivity contribution in [1.82, 2.24) is 0 Å². The quantitative estimate of drug-likeness (QED) is 0.500. The van der Waals surface area contributed by atoms with Gasteiger partial charge in [0.2, 0.25) is 0 Å². The molecule has 44 valence electrons. The van der Waals surface area contributed by atoms with Crippen LogP contribution in [0.25, 0.3) is 0 Å². The summed E-state index contributed by atoms with van der Waals surface area (Å²) in [6.07, 6.45) is 0. The van der Waals surface area contributed by atoms with Crippen LogP contribution in [-0.2, 0) is 25.8 Å². The minimum Gasteiger partial charge on any atom is -0.210 e. The molecule has 9 heavy (non-hydrogen) atoms. The van der Waals surface area contributed by atoms with Gasteiger partial charge in [-0.2, -0.15) is 22.8 Å². The second-order valence-electron chi connectivity index (χ2n) is 2.32. The zero-order valence-corrected chi connectivity index (χ0v) is 8.04. The summed E-state index contributed by atoms with van der Waals surface area (Å²) in [4.78, 5) is 0. The summed E-state index contributed by atoms with van der Waals surface area (Å²) in [6.45, 7) is 6.44. The fourth-order valence-electron chi connectivity index (χ4n) is 0.811. The summed E-state index contributed by atoms with van der Waals surface area (Å²) in [5.74, 6) is 0. The third-order valence-electron chi connectivity index (χ3n) is 1.77. The van der Waals surface area contributed by atoms with E-state index in [0.29, 0.717) is 0 Å².